The van der Waals surface area contributed by atoms with E-state index in [1.807, 2.05) is 36.7 Å². The summed E-state index contributed by atoms with van der Waals surface area (Å²) in [4.78, 5) is 41.1. The third kappa shape index (κ3) is 5.08. The van der Waals surface area contributed by atoms with Crippen molar-refractivity contribution in [2.24, 2.45) is 0 Å². The molecule has 0 spiro atoms. The predicted molar refractivity (Wildman–Crippen MR) is 117 cm³/mol. The largest absolute Gasteiger partial charge is 0.361 e. The average molecular weight is 417 g/mol. The van der Waals surface area contributed by atoms with Crippen LogP contribution < -0.4 is 10.6 Å². The molecule has 0 fully saturated rings. The number of hydrogen-bond donors (Lipinski definition) is 3. The van der Waals surface area contributed by atoms with E-state index < -0.39 is 17.9 Å². The maximum Gasteiger partial charge on any atom is 0.258 e. The predicted octanol–water partition coefficient (Wildman–Crippen LogP) is 2.80. The smallest absolute Gasteiger partial charge is 0.258 e. The molecule has 1 atom stereocenters. The topological polar surface area (TPSA) is 118 Å². The normalized spacial score (nSPS) is 11.4. The Morgan fingerprint density at radius 1 is 1.13 bits per heavy atom. The van der Waals surface area contributed by atoms with Crippen molar-refractivity contribution in [2.75, 3.05) is 11.9 Å². The van der Waals surface area contributed by atoms with Crippen molar-refractivity contribution in [3.63, 3.8) is 0 Å². The number of anilines is 1. The van der Waals surface area contributed by atoms with Gasteiger partial charge in [-0.2, -0.15) is 5.26 Å². The molecule has 1 heterocycles. The molecule has 1 unspecified atom stereocenters. The molecule has 3 aromatic rings. The van der Waals surface area contributed by atoms with Gasteiger partial charge in [0.1, 0.15) is 6.04 Å². The van der Waals surface area contributed by atoms with Crippen LogP contribution in [0.3, 0.4) is 0 Å². The van der Waals surface area contributed by atoms with E-state index in [4.69, 9.17) is 0 Å². The third-order valence-electron chi connectivity index (χ3n) is 4.87. The number of nitrogens with one attached hydrogen (secondary N) is 3. The summed E-state index contributed by atoms with van der Waals surface area (Å²) in [5.41, 5.74) is 2.70. The van der Waals surface area contributed by atoms with Gasteiger partial charge in [0.2, 0.25) is 5.91 Å². The molecule has 1 aromatic heterocycles. The highest BCUT2D eigenvalue weighted by molar-refractivity contribution is 5.99. The van der Waals surface area contributed by atoms with Gasteiger partial charge in [0.15, 0.2) is 6.19 Å². The van der Waals surface area contributed by atoms with Gasteiger partial charge in [0.05, 0.1) is 0 Å². The molecular formula is C23H23N5O3. The second kappa shape index (κ2) is 9.59. The number of para-hydroxylation sites is 1. The highest BCUT2D eigenvalue weighted by atomic mass is 16.2. The zero-order valence-electron chi connectivity index (χ0n) is 17.3. The summed E-state index contributed by atoms with van der Waals surface area (Å²) in [6, 6.07) is 13.1. The molecule has 0 aliphatic heterocycles. The molecular weight excluding hydrogens is 394 g/mol. The van der Waals surface area contributed by atoms with Gasteiger partial charge in [-0.1, -0.05) is 18.2 Å². The lowest BCUT2D eigenvalue weighted by Crippen LogP contribution is -2.48. The molecule has 3 N–H and O–H groups in total. The van der Waals surface area contributed by atoms with Crippen molar-refractivity contribution in [1.82, 2.24) is 15.2 Å². The SMILES string of the molecule is CCN(C#N)C(=O)C(Cc1c[nH]c2ccccc12)NC(=O)c1ccc(NC(C)=O)cc1. The first kappa shape index (κ1) is 21.6. The number of carbonyl (C=O) groups is 3. The zero-order chi connectivity index (χ0) is 22.4. The van der Waals surface area contributed by atoms with E-state index >= 15 is 0 Å². The van der Waals surface area contributed by atoms with Gasteiger partial charge in [0.25, 0.3) is 11.8 Å². The monoisotopic (exact) mass is 417 g/mol. The molecule has 0 saturated carbocycles. The van der Waals surface area contributed by atoms with Crippen LogP contribution in [-0.4, -0.2) is 40.2 Å². The van der Waals surface area contributed by atoms with Crippen LogP contribution in [0.1, 0.15) is 29.8 Å². The van der Waals surface area contributed by atoms with Crippen LogP contribution in [0.4, 0.5) is 5.69 Å². The van der Waals surface area contributed by atoms with Crippen molar-refractivity contribution in [3.8, 4) is 6.19 Å². The Balaban J connectivity index is 1.84. The molecule has 3 amide bonds. The van der Waals surface area contributed by atoms with Crippen LogP contribution in [0.2, 0.25) is 0 Å². The Morgan fingerprint density at radius 2 is 1.84 bits per heavy atom. The van der Waals surface area contributed by atoms with Crippen LogP contribution in [0.5, 0.6) is 0 Å². The summed E-state index contributed by atoms with van der Waals surface area (Å²) in [5, 5.41) is 15.7. The van der Waals surface area contributed by atoms with Crippen LogP contribution in [0, 0.1) is 11.5 Å². The number of carbonyl (C=O) groups excluding carboxylic acids is 3. The average Bonchev–Trinajstić information content (AvgIpc) is 3.17. The summed E-state index contributed by atoms with van der Waals surface area (Å²) >= 11 is 0. The molecule has 0 aliphatic rings. The first-order chi connectivity index (χ1) is 14.9. The number of rotatable bonds is 7. The maximum absolute atomic E-state index is 12.9. The number of fused-ring (bicyclic) bond motifs is 1. The van der Waals surface area contributed by atoms with Gasteiger partial charge >= 0.3 is 0 Å². The van der Waals surface area contributed by atoms with Crippen molar-refractivity contribution < 1.29 is 14.4 Å². The van der Waals surface area contributed by atoms with Crippen molar-refractivity contribution in [2.45, 2.75) is 26.3 Å². The quantitative estimate of drug-likeness (QED) is 0.405. The number of H-pyrrole nitrogens is 1. The van der Waals surface area contributed by atoms with Gasteiger partial charge < -0.3 is 15.6 Å². The van der Waals surface area contributed by atoms with Crippen molar-refractivity contribution in [3.05, 3.63) is 65.9 Å². The number of hydrogen-bond acceptors (Lipinski definition) is 4. The fourth-order valence-corrected chi connectivity index (χ4v) is 3.33. The minimum absolute atomic E-state index is 0.209. The number of likely N-dealkylation sites (N-methyl/N-ethyl adjacent to an activating group) is 1. The Bertz CT molecular complexity index is 1140. The van der Waals surface area contributed by atoms with Crippen LogP contribution >= 0.6 is 0 Å². The molecule has 3 rings (SSSR count). The van der Waals surface area contributed by atoms with Crippen LogP contribution in [0.15, 0.2) is 54.7 Å². The molecule has 2 aromatic carbocycles. The number of nitrogens with zero attached hydrogens (tertiary/aromatic N) is 2. The van der Waals surface area contributed by atoms with Crippen molar-refractivity contribution >= 4 is 34.3 Å². The molecule has 31 heavy (non-hydrogen) atoms. The summed E-state index contributed by atoms with van der Waals surface area (Å²) in [6.07, 6.45) is 3.91. The third-order valence-corrected chi connectivity index (χ3v) is 4.87. The van der Waals surface area contributed by atoms with Gasteiger partial charge in [0, 0.05) is 48.2 Å². The van der Waals surface area contributed by atoms with Crippen LogP contribution in [0.25, 0.3) is 10.9 Å². The summed E-state index contributed by atoms with van der Waals surface area (Å²) in [5.74, 6) is -1.13. The van der Waals surface area contributed by atoms with Gasteiger partial charge in [-0.25, -0.2) is 4.90 Å². The Labute approximate surface area is 179 Å². The first-order valence-corrected chi connectivity index (χ1v) is 9.87. The Morgan fingerprint density at radius 3 is 2.48 bits per heavy atom. The molecule has 0 aliphatic carbocycles. The van der Waals surface area contributed by atoms with E-state index in [-0.39, 0.29) is 18.9 Å². The number of amides is 3. The summed E-state index contributed by atoms with van der Waals surface area (Å²) < 4.78 is 0. The second-order valence-electron chi connectivity index (χ2n) is 7.03. The minimum Gasteiger partial charge on any atom is -0.361 e. The molecule has 0 saturated heterocycles. The summed E-state index contributed by atoms with van der Waals surface area (Å²) in [6.45, 7) is 3.31. The minimum atomic E-state index is -0.915. The van der Waals surface area contributed by atoms with Gasteiger partial charge in [-0.05, 0) is 42.8 Å². The van der Waals surface area contributed by atoms with E-state index in [2.05, 4.69) is 15.6 Å². The lowest BCUT2D eigenvalue weighted by molar-refractivity contribution is -0.130. The van der Waals surface area contributed by atoms with E-state index in [0.717, 1.165) is 21.4 Å². The lowest BCUT2D eigenvalue weighted by Gasteiger charge is -2.21. The Kier molecular flexibility index (Phi) is 6.67. The molecule has 8 nitrogen and oxygen atoms in total. The number of nitriles is 1. The fraction of sp³-hybridized carbons (Fsp3) is 0.217. The standard InChI is InChI=1S/C23H23N5O3/c1-3-28(14-24)23(31)21(12-17-13-25-20-7-5-4-6-19(17)20)27-22(30)16-8-10-18(11-9-16)26-15(2)29/h4-11,13,21,25H,3,12H2,1-2H3,(H,26,29)(H,27,30). The highest BCUT2D eigenvalue weighted by Gasteiger charge is 2.27. The highest BCUT2D eigenvalue weighted by Crippen LogP contribution is 2.20. The van der Waals surface area contributed by atoms with Gasteiger partial charge in [-0.15, -0.1) is 0 Å². The van der Waals surface area contributed by atoms with E-state index in [9.17, 15) is 19.6 Å². The maximum atomic E-state index is 12.9. The van der Waals surface area contributed by atoms with E-state index in [0.29, 0.717) is 11.3 Å². The van der Waals surface area contributed by atoms with E-state index in [1.165, 1.54) is 6.92 Å². The number of aromatic nitrogens is 1. The molecule has 8 heteroatoms. The summed E-state index contributed by atoms with van der Waals surface area (Å²) in [7, 11) is 0. The fourth-order valence-electron chi connectivity index (χ4n) is 3.33. The Hall–Kier alpha value is -4.12. The van der Waals surface area contributed by atoms with Crippen molar-refractivity contribution in [1.29, 1.82) is 5.26 Å². The molecule has 0 radical (unpaired) electrons. The first-order valence-electron chi connectivity index (χ1n) is 9.87. The number of benzene rings is 2. The van der Waals surface area contributed by atoms with Crippen LogP contribution in [-0.2, 0) is 16.0 Å². The van der Waals surface area contributed by atoms with Gasteiger partial charge in [-0.3, -0.25) is 14.4 Å². The lowest BCUT2D eigenvalue weighted by atomic mass is 10.0. The number of aromatic amines is 1. The van der Waals surface area contributed by atoms with E-state index in [1.54, 1.807) is 31.2 Å². The zero-order valence-corrected chi connectivity index (χ0v) is 17.3. The molecule has 158 valence electrons. The second-order valence-corrected chi connectivity index (χ2v) is 7.03. The molecule has 0 bridgehead atoms.